The number of ketones is 1. The summed E-state index contributed by atoms with van der Waals surface area (Å²) in [6.45, 7) is 2.04. The molecule has 0 amide bonds. The van der Waals surface area contributed by atoms with E-state index >= 15 is 0 Å². The summed E-state index contributed by atoms with van der Waals surface area (Å²) < 4.78 is 21.2. The summed E-state index contributed by atoms with van der Waals surface area (Å²) in [6.07, 6.45) is 2.56. The zero-order valence-corrected chi connectivity index (χ0v) is 14.4. The molecule has 1 aliphatic carbocycles. The van der Waals surface area contributed by atoms with Crippen LogP contribution in [0, 0.1) is 5.92 Å². The van der Waals surface area contributed by atoms with Gasteiger partial charge in [-0.25, -0.2) is 4.79 Å². The summed E-state index contributed by atoms with van der Waals surface area (Å²) in [6, 6.07) is 7.64. The van der Waals surface area contributed by atoms with Crippen molar-refractivity contribution in [3.8, 4) is 5.75 Å². The van der Waals surface area contributed by atoms with Crippen LogP contribution >= 0.6 is 0 Å². The van der Waals surface area contributed by atoms with E-state index in [1.165, 1.54) is 13.4 Å². The molecule has 1 fully saturated rings. The van der Waals surface area contributed by atoms with Crippen molar-refractivity contribution in [2.24, 2.45) is 5.92 Å². The number of aryl methyl sites for hydroxylation is 1. The fourth-order valence-corrected chi connectivity index (χ4v) is 3.31. The van der Waals surface area contributed by atoms with Crippen molar-refractivity contribution < 1.29 is 28.5 Å². The standard InChI is InChI=1S/C19H22O6/c1-3-12-6-4-5-7-15(12)25-17-11-23-16-10-13(24-19(21)22-2)8-9-14(16)18(17)20/h4-7,11,13-14,16H,3,8-10H2,1-2H3. The Labute approximate surface area is 146 Å². The molecule has 25 heavy (non-hydrogen) atoms. The summed E-state index contributed by atoms with van der Waals surface area (Å²) in [5.74, 6) is 0.578. The lowest BCUT2D eigenvalue weighted by atomic mass is 9.80. The first kappa shape index (κ1) is 17.3. The quantitative estimate of drug-likeness (QED) is 0.778. The third-order valence-electron chi connectivity index (χ3n) is 4.68. The molecule has 1 heterocycles. The first-order valence-electron chi connectivity index (χ1n) is 8.52. The number of hydrogen-bond donors (Lipinski definition) is 0. The molecule has 0 spiro atoms. The number of ether oxygens (including phenoxy) is 4. The van der Waals surface area contributed by atoms with E-state index in [4.69, 9.17) is 14.2 Å². The fraction of sp³-hybridized carbons (Fsp3) is 0.474. The highest BCUT2D eigenvalue weighted by Crippen LogP contribution is 2.35. The highest BCUT2D eigenvalue weighted by molar-refractivity contribution is 5.96. The third kappa shape index (κ3) is 3.78. The average molecular weight is 346 g/mol. The van der Waals surface area contributed by atoms with Gasteiger partial charge < -0.3 is 18.9 Å². The van der Waals surface area contributed by atoms with E-state index in [1.807, 2.05) is 31.2 Å². The van der Waals surface area contributed by atoms with Crippen LogP contribution < -0.4 is 4.74 Å². The van der Waals surface area contributed by atoms with Gasteiger partial charge in [0.2, 0.25) is 11.5 Å². The van der Waals surface area contributed by atoms with Crippen molar-refractivity contribution in [3.05, 3.63) is 41.9 Å². The number of carbonyl (C=O) groups is 2. The number of allylic oxidation sites excluding steroid dienone is 1. The lowest BCUT2D eigenvalue weighted by Crippen LogP contribution is -2.43. The van der Waals surface area contributed by atoms with Crippen LogP contribution in [0.1, 0.15) is 31.7 Å². The summed E-state index contributed by atoms with van der Waals surface area (Å²) in [5, 5.41) is 0. The van der Waals surface area contributed by atoms with Gasteiger partial charge >= 0.3 is 6.16 Å². The van der Waals surface area contributed by atoms with Crippen molar-refractivity contribution in [3.63, 3.8) is 0 Å². The number of hydrogen-bond acceptors (Lipinski definition) is 6. The molecule has 0 bridgehead atoms. The van der Waals surface area contributed by atoms with Crippen LogP contribution in [0.15, 0.2) is 36.3 Å². The van der Waals surface area contributed by atoms with Crippen molar-refractivity contribution in [2.75, 3.05) is 7.11 Å². The topological polar surface area (TPSA) is 71.1 Å². The molecule has 2 aliphatic rings. The van der Waals surface area contributed by atoms with Gasteiger partial charge in [0, 0.05) is 6.42 Å². The van der Waals surface area contributed by atoms with Gasteiger partial charge in [-0.05, 0) is 30.9 Å². The Morgan fingerprint density at radius 1 is 1.28 bits per heavy atom. The number of fused-ring (bicyclic) bond motifs is 1. The Bertz CT molecular complexity index is 680. The maximum absolute atomic E-state index is 12.7. The lowest BCUT2D eigenvalue weighted by molar-refractivity contribution is -0.132. The number of benzene rings is 1. The molecular weight excluding hydrogens is 324 g/mol. The zero-order valence-electron chi connectivity index (χ0n) is 14.4. The van der Waals surface area contributed by atoms with Crippen LogP contribution in [0.3, 0.4) is 0 Å². The van der Waals surface area contributed by atoms with Gasteiger partial charge in [-0.15, -0.1) is 0 Å². The molecule has 1 aromatic rings. The fourth-order valence-electron chi connectivity index (χ4n) is 3.31. The predicted molar refractivity (Wildman–Crippen MR) is 89.0 cm³/mol. The molecule has 3 unspecified atom stereocenters. The van der Waals surface area contributed by atoms with E-state index in [2.05, 4.69) is 4.74 Å². The Balaban J connectivity index is 1.68. The number of carbonyl (C=O) groups excluding carboxylic acids is 2. The van der Waals surface area contributed by atoms with Crippen LogP contribution in [0.5, 0.6) is 5.75 Å². The first-order valence-corrected chi connectivity index (χ1v) is 8.52. The third-order valence-corrected chi connectivity index (χ3v) is 4.68. The molecule has 6 heteroatoms. The Morgan fingerprint density at radius 3 is 2.84 bits per heavy atom. The second kappa shape index (κ2) is 7.59. The minimum absolute atomic E-state index is 0.0568. The molecule has 0 radical (unpaired) electrons. The first-order chi connectivity index (χ1) is 12.1. The van der Waals surface area contributed by atoms with Gasteiger partial charge in [-0.2, -0.15) is 0 Å². The molecule has 6 nitrogen and oxygen atoms in total. The Morgan fingerprint density at radius 2 is 2.08 bits per heavy atom. The molecular formula is C19H22O6. The summed E-state index contributed by atoms with van der Waals surface area (Å²) >= 11 is 0. The van der Waals surface area contributed by atoms with Crippen molar-refractivity contribution >= 4 is 11.9 Å². The van der Waals surface area contributed by atoms with Gasteiger partial charge in [0.25, 0.3) is 0 Å². The van der Waals surface area contributed by atoms with E-state index in [0.29, 0.717) is 25.0 Å². The summed E-state index contributed by atoms with van der Waals surface area (Å²) in [7, 11) is 1.27. The molecule has 0 saturated heterocycles. The number of para-hydroxylation sites is 1. The largest absolute Gasteiger partial charge is 0.508 e. The second-order valence-corrected chi connectivity index (χ2v) is 6.20. The normalized spacial score (nSPS) is 25.3. The molecule has 1 aromatic carbocycles. The minimum atomic E-state index is -0.707. The lowest BCUT2D eigenvalue weighted by Gasteiger charge is -2.36. The summed E-state index contributed by atoms with van der Waals surface area (Å²) in [5.41, 5.74) is 1.04. The van der Waals surface area contributed by atoms with E-state index in [0.717, 1.165) is 12.0 Å². The molecule has 3 atom stereocenters. The van der Waals surface area contributed by atoms with Gasteiger partial charge in [0.15, 0.2) is 0 Å². The van der Waals surface area contributed by atoms with Gasteiger partial charge in [0.05, 0.1) is 13.0 Å². The minimum Gasteiger partial charge on any atom is -0.493 e. The van der Waals surface area contributed by atoms with Crippen LogP contribution in [-0.4, -0.2) is 31.3 Å². The van der Waals surface area contributed by atoms with Gasteiger partial charge in [-0.3, -0.25) is 4.79 Å². The monoisotopic (exact) mass is 346 g/mol. The predicted octanol–water partition coefficient (Wildman–Crippen LogP) is 3.39. The van der Waals surface area contributed by atoms with Crippen LogP contribution in [0.2, 0.25) is 0 Å². The van der Waals surface area contributed by atoms with Crippen LogP contribution in [0.25, 0.3) is 0 Å². The molecule has 0 N–H and O–H groups in total. The van der Waals surface area contributed by atoms with Crippen LogP contribution in [0.4, 0.5) is 4.79 Å². The van der Waals surface area contributed by atoms with Crippen molar-refractivity contribution in [2.45, 2.75) is 44.8 Å². The highest BCUT2D eigenvalue weighted by atomic mass is 16.7. The number of Topliss-reactive ketones (excluding diaryl/α,β-unsaturated/α-hetero) is 1. The highest BCUT2D eigenvalue weighted by Gasteiger charge is 2.42. The summed E-state index contributed by atoms with van der Waals surface area (Å²) in [4.78, 5) is 24.0. The molecule has 3 rings (SSSR count). The van der Waals surface area contributed by atoms with E-state index in [9.17, 15) is 9.59 Å². The Kier molecular flexibility index (Phi) is 5.26. The van der Waals surface area contributed by atoms with Gasteiger partial charge in [-0.1, -0.05) is 25.1 Å². The maximum Gasteiger partial charge on any atom is 0.508 e. The SMILES string of the molecule is CCc1ccccc1OC1=COC2CC(OC(=O)OC)CCC2C1=O. The molecule has 0 aromatic heterocycles. The van der Waals surface area contributed by atoms with E-state index < -0.39 is 6.16 Å². The van der Waals surface area contributed by atoms with Crippen molar-refractivity contribution in [1.82, 2.24) is 0 Å². The zero-order chi connectivity index (χ0) is 17.8. The number of rotatable bonds is 4. The van der Waals surface area contributed by atoms with Gasteiger partial charge in [0.1, 0.15) is 24.2 Å². The smallest absolute Gasteiger partial charge is 0.493 e. The molecule has 1 aliphatic heterocycles. The maximum atomic E-state index is 12.7. The van der Waals surface area contributed by atoms with E-state index in [1.54, 1.807) is 0 Å². The second-order valence-electron chi connectivity index (χ2n) is 6.20. The number of methoxy groups -OCH3 is 1. The molecule has 1 saturated carbocycles. The van der Waals surface area contributed by atoms with Crippen molar-refractivity contribution in [1.29, 1.82) is 0 Å². The molecule has 134 valence electrons. The van der Waals surface area contributed by atoms with Crippen LogP contribution in [-0.2, 0) is 25.4 Å². The van der Waals surface area contributed by atoms with E-state index in [-0.39, 0.29) is 29.7 Å². The average Bonchev–Trinajstić information content (AvgIpc) is 2.64. The Hall–Kier alpha value is -2.50.